The molecule has 1 unspecified atom stereocenters. The smallest absolute Gasteiger partial charge is 0.324 e. The number of carbonyl (C=O) groups is 2. The maximum absolute atomic E-state index is 13.6. The Morgan fingerprint density at radius 2 is 1.68 bits per heavy atom. The highest BCUT2D eigenvalue weighted by Crippen LogP contribution is 2.39. The molecule has 3 aromatic carbocycles. The van der Waals surface area contributed by atoms with Gasteiger partial charge >= 0.3 is 6.18 Å². The van der Waals surface area contributed by atoms with Crippen LogP contribution >= 0.6 is 11.6 Å². The van der Waals surface area contributed by atoms with Crippen LogP contribution in [0.5, 0.6) is 0 Å². The van der Waals surface area contributed by atoms with Crippen LogP contribution in [-0.2, 0) is 11.0 Å². The minimum atomic E-state index is -4.71. The first-order valence-corrected chi connectivity index (χ1v) is 9.75. The molecule has 1 atom stereocenters. The van der Waals surface area contributed by atoms with Crippen LogP contribution in [0, 0.1) is 0 Å². The van der Waals surface area contributed by atoms with Crippen LogP contribution in [0.15, 0.2) is 72.8 Å². The van der Waals surface area contributed by atoms with Gasteiger partial charge in [-0.15, -0.1) is 0 Å². The first-order valence-electron chi connectivity index (χ1n) is 9.37. The Morgan fingerprint density at radius 3 is 2.39 bits per heavy atom. The summed E-state index contributed by atoms with van der Waals surface area (Å²) in [6.45, 7) is -0.420. The van der Waals surface area contributed by atoms with Gasteiger partial charge in [0.2, 0.25) is 5.91 Å². The lowest BCUT2D eigenvalue weighted by Gasteiger charge is -2.31. The van der Waals surface area contributed by atoms with Crippen LogP contribution in [0.1, 0.15) is 33.1 Å². The lowest BCUT2D eigenvalue weighted by molar-refractivity contribution is -0.138. The zero-order chi connectivity index (χ0) is 22.2. The molecule has 0 saturated carbocycles. The largest absolute Gasteiger partial charge is 0.417 e. The van der Waals surface area contributed by atoms with E-state index >= 15 is 0 Å². The molecule has 1 heterocycles. The maximum Gasteiger partial charge on any atom is 0.417 e. The summed E-state index contributed by atoms with van der Waals surface area (Å²) in [6, 6.07) is 17.4. The number of anilines is 1. The molecule has 158 valence electrons. The summed E-state index contributed by atoms with van der Waals surface area (Å²) >= 11 is 6.08. The second-order valence-electron chi connectivity index (χ2n) is 7.07. The molecule has 0 radical (unpaired) electrons. The number of nitrogens with one attached hydrogen (secondary N) is 1. The molecule has 0 aromatic heterocycles. The first kappa shape index (κ1) is 20.9. The van der Waals surface area contributed by atoms with Crippen molar-refractivity contribution in [1.29, 1.82) is 0 Å². The second kappa shape index (κ2) is 8.07. The molecule has 1 aliphatic rings. The van der Waals surface area contributed by atoms with Crippen LogP contribution in [-0.4, -0.2) is 23.3 Å². The summed E-state index contributed by atoms with van der Waals surface area (Å²) in [4.78, 5) is 27.2. The van der Waals surface area contributed by atoms with Crippen LogP contribution in [0.3, 0.4) is 0 Å². The number of rotatable bonds is 2. The van der Waals surface area contributed by atoms with Crippen molar-refractivity contribution >= 4 is 29.1 Å². The van der Waals surface area contributed by atoms with Gasteiger partial charge in [-0.25, -0.2) is 0 Å². The van der Waals surface area contributed by atoms with Gasteiger partial charge in [0.25, 0.3) is 5.91 Å². The molecular formula is C23H16ClF3N2O2. The van der Waals surface area contributed by atoms with Crippen LogP contribution in [0.4, 0.5) is 18.9 Å². The molecule has 1 N–H and O–H groups in total. The predicted molar refractivity (Wildman–Crippen MR) is 111 cm³/mol. The summed E-state index contributed by atoms with van der Waals surface area (Å²) in [6.07, 6.45) is -4.71. The fraction of sp³-hybridized carbons (Fsp3) is 0.130. The predicted octanol–water partition coefficient (Wildman–Crippen LogP) is 5.54. The second-order valence-corrected chi connectivity index (χ2v) is 7.51. The number of carbonyl (C=O) groups excluding carboxylic acids is 2. The molecule has 0 saturated heterocycles. The molecule has 8 heteroatoms. The highest BCUT2D eigenvalue weighted by atomic mass is 35.5. The van der Waals surface area contributed by atoms with E-state index in [0.717, 1.165) is 17.0 Å². The average molecular weight is 445 g/mol. The van der Waals surface area contributed by atoms with E-state index in [1.54, 1.807) is 48.5 Å². The Hall–Kier alpha value is -3.32. The summed E-state index contributed by atoms with van der Waals surface area (Å²) < 4.78 is 40.7. The minimum Gasteiger partial charge on any atom is -0.324 e. The molecule has 2 amide bonds. The van der Waals surface area contributed by atoms with E-state index in [2.05, 4.69) is 5.32 Å². The van der Waals surface area contributed by atoms with Crippen LogP contribution < -0.4 is 5.32 Å². The quantitative estimate of drug-likeness (QED) is 0.564. The van der Waals surface area contributed by atoms with Gasteiger partial charge in [0, 0.05) is 16.3 Å². The van der Waals surface area contributed by atoms with E-state index in [4.69, 9.17) is 11.6 Å². The Bertz CT molecular complexity index is 1150. The third-order valence-corrected chi connectivity index (χ3v) is 5.28. The Morgan fingerprint density at radius 1 is 1.00 bits per heavy atom. The van der Waals surface area contributed by atoms with E-state index in [9.17, 15) is 22.8 Å². The van der Waals surface area contributed by atoms with Crippen molar-refractivity contribution in [3.63, 3.8) is 0 Å². The van der Waals surface area contributed by atoms with Crippen molar-refractivity contribution in [2.45, 2.75) is 12.2 Å². The van der Waals surface area contributed by atoms with Gasteiger partial charge in [0.15, 0.2) is 0 Å². The van der Waals surface area contributed by atoms with Gasteiger partial charge in [-0.1, -0.05) is 60.1 Å². The maximum atomic E-state index is 13.6. The highest BCUT2D eigenvalue weighted by Gasteiger charge is 2.39. The zero-order valence-electron chi connectivity index (χ0n) is 16.0. The van der Waals surface area contributed by atoms with Gasteiger partial charge in [0.1, 0.15) is 6.54 Å². The number of amides is 2. The van der Waals surface area contributed by atoms with Crippen molar-refractivity contribution < 1.29 is 22.8 Å². The molecule has 31 heavy (non-hydrogen) atoms. The van der Waals surface area contributed by atoms with E-state index < -0.39 is 41.7 Å². The number of fused-ring (bicyclic) bond motifs is 1. The lowest BCUT2D eigenvalue weighted by atomic mass is 9.94. The van der Waals surface area contributed by atoms with E-state index in [1.807, 2.05) is 0 Å². The molecular weight excluding hydrogens is 429 g/mol. The monoisotopic (exact) mass is 444 g/mol. The van der Waals surface area contributed by atoms with Gasteiger partial charge in [-0.05, 0) is 29.8 Å². The summed E-state index contributed by atoms with van der Waals surface area (Å²) in [7, 11) is 0. The molecule has 0 fully saturated rings. The molecule has 3 aromatic rings. The molecule has 0 aliphatic carbocycles. The van der Waals surface area contributed by atoms with Crippen LogP contribution in [0.2, 0.25) is 5.02 Å². The van der Waals surface area contributed by atoms with Gasteiger partial charge < -0.3 is 10.2 Å². The Kier molecular flexibility index (Phi) is 5.45. The zero-order valence-corrected chi connectivity index (χ0v) is 16.7. The Labute approximate surface area is 181 Å². The van der Waals surface area contributed by atoms with Gasteiger partial charge in [-0.3, -0.25) is 9.59 Å². The molecule has 0 bridgehead atoms. The van der Waals surface area contributed by atoms with Crippen molar-refractivity contribution in [3.8, 4) is 0 Å². The van der Waals surface area contributed by atoms with Gasteiger partial charge in [-0.2, -0.15) is 13.2 Å². The fourth-order valence-electron chi connectivity index (χ4n) is 3.73. The Balaban J connectivity index is 1.90. The average Bonchev–Trinajstić information content (AvgIpc) is 2.88. The number of alkyl halides is 3. The normalized spacial score (nSPS) is 16.3. The third kappa shape index (κ3) is 4.14. The molecule has 4 rings (SSSR count). The number of hydrogen-bond acceptors (Lipinski definition) is 2. The fourth-order valence-corrected chi connectivity index (χ4v) is 3.91. The van der Waals surface area contributed by atoms with Crippen molar-refractivity contribution in [1.82, 2.24) is 4.90 Å². The first-order chi connectivity index (χ1) is 14.8. The number of benzene rings is 3. The molecule has 0 spiro atoms. The van der Waals surface area contributed by atoms with Crippen molar-refractivity contribution in [2.75, 3.05) is 11.9 Å². The summed E-state index contributed by atoms with van der Waals surface area (Å²) in [5, 5.41) is 3.09. The van der Waals surface area contributed by atoms with E-state index in [-0.39, 0.29) is 0 Å². The minimum absolute atomic E-state index is 0.382. The third-order valence-electron chi connectivity index (χ3n) is 5.05. The molecule has 4 nitrogen and oxygen atoms in total. The van der Waals surface area contributed by atoms with Crippen molar-refractivity contribution in [3.05, 3.63) is 100 Å². The van der Waals surface area contributed by atoms with Gasteiger partial charge in [0.05, 0.1) is 17.2 Å². The van der Waals surface area contributed by atoms with Crippen molar-refractivity contribution in [2.24, 2.45) is 0 Å². The number of halogens is 4. The topological polar surface area (TPSA) is 49.4 Å². The number of hydrogen-bond donors (Lipinski definition) is 1. The lowest BCUT2D eigenvalue weighted by Crippen LogP contribution is -2.39. The SMILES string of the molecule is O=C1CN(C(=O)c2ccccc2C(F)(F)F)C(c2ccccc2)c2ccc(Cl)cc2N1. The number of nitrogens with zero attached hydrogens (tertiary/aromatic N) is 1. The van der Waals surface area contributed by atoms with Crippen LogP contribution in [0.25, 0.3) is 0 Å². The summed E-state index contributed by atoms with van der Waals surface area (Å²) in [5.41, 5.74) is 0.0550. The summed E-state index contributed by atoms with van der Waals surface area (Å²) in [5.74, 6) is -1.42. The standard InChI is InChI=1S/C23H16ClF3N2O2/c24-15-10-11-17-19(12-15)28-20(30)13-29(21(17)14-6-2-1-3-7-14)22(31)16-8-4-5-9-18(16)23(25,26)27/h1-12,21H,13H2,(H,28,30). The van der Waals surface area contributed by atoms with E-state index in [1.165, 1.54) is 12.1 Å². The van der Waals surface area contributed by atoms with E-state index in [0.29, 0.717) is 21.8 Å². The highest BCUT2D eigenvalue weighted by molar-refractivity contribution is 6.31. The molecule has 1 aliphatic heterocycles.